The first-order valence-corrected chi connectivity index (χ1v) is 6.65. The minimum Gasteiger partial charge on any atom is -0.356 e. The van der Waals surface area contributed by atoms with E-state index < -0.39 is 0 Å². The van der Waals surface area contributed by atoms with Gasteiger partial charge in [0.25, 0.3) is 0 Å². The molecule has 1 rings (SSSR count). The predicted octanol–water partition coefficient (Wildman–Crippen LogP) is 2.71. The number of rotatable bonds is 5. The average molecular weight is 246 g/mol. The van der Waals surface area contributed by atoms with Crippen molar-refractivity contribution in [2.24, 2.45) is 0 Å². The highest BCUT2D eigenvalue weighted by molar-refractivity contribution is 7.98. The molecule has 1 atom stereocenters. The second-order valence-corrected chi connectivity index (χ2v) is 4.63. The Morgan fingerprint density at radius 3 is 2.80 bits per heavy atom. The Balaban J connectivity index is 2.77. The number of nitrogens with zero attached hydrogens (tertiary/aromatic N) is 3. The first-order chi connectivity index (χ1) is 7.19. The molecule has 84 valence electrons. The van der Waals surface area contributed by atoms with Crippen molar-refractivity contribution in [3.05, 3.63) is 17.5 Å². The minimum absolute atomic E-state index is 0.492. The molecule has 0 spiro atoms. The Bertz CT molecular complexity index is 308. The molecule has 0 aliphatic rings. The highest BCUT2D eigenvalue weighted by Crippen LogP contribution is 2.18. The van der Waals surface area contributed by atoms with Gasteiger partial charge < -0.3 is 4.90 Å². The van der Waals surface area contributed by atoms with Gasteiger partial charge in [0, 0.05) is 24.9 Å². The molecule has 0 amide bonds. The lowest BCUT2D eigenvalue weighted by atomic mass is 10.2. The van der Waals surface area contributed by atoms with Crippen LogP contribution in [-0.4, -0.2) is 35.1 Å². The molecule has 0 N–H and O–H groups in total. The first kappa shape index (κ1) is 12.6. The number of halogens is 1. The molecule has 0 aliphatic carbocycles. The minimum atomic E-state index is 0.492. The van der Waals surface area contributed by atoms with Gasteiger partial charge in [-0.1, -0.05) is 18.5 Å². The summed E-state index contributed by atoms with van der Waals surface area (Å²) in [6, 6.07) is 2.29. The van der Waals surface area contributed by atoms with Gasteiger partial charge in [0.05, 0.1) is 0 Å². The molecule has 5 heteroatoms. The number of hydrogen-bond acceptors (Lipinski definition) is 4. The summed E-state index contributed by atoms with van der Waals surface area (Å²) in [5.41, 5.74) is 0. The quantitative estimate of drug-likeness (QED) is 0.746. The fourth-order valence-electron chi connectivity index (χ4n) is 1.40. The van der Waals surface area contributed by atoms with E-state index in [1.807, 2.05) is 18.8 Å². The van der Waals surface area contributed by atoms with Crippen LogP contribution < -0.4 is 4.90 Å². The Hall–Kier alpha value is -0.480. The third-order valence-electron chi connectivity index (χ3n) is 2.36. The van der Waals surface area contributed by atoms with E-state index in [4.69, 9.17) is 11.6 Å². The van der Waals surface area contributed by atoms with Gasteiger partial charge in [-0.25, -0.2) is 9.97 Å². The molecule has 1 unspecified atom stereocenters. The number of thioether (sulfide) groups is 1. The summed E-state index contributed by atoms with van der Waals surface area (Å²) < 4.78 is 0. The summed E-state index contributed by atoms with van der Waals surface area (Å²) in [5, 5.41) is 0.492. The van der Waals surface area contributed by atoms with Crippen molar-refractivity contribution < 1.29 is 0 Å². The second-order valence-electron chi connectivity index (χ2n) is 3.33. The fourth-order valence-corrected chi connectivity index (χ4v) is 2.39. The molecule has 0 aliphatic heterocycles. The van der Waals surface area contributed by atoms with E-state index in [1.165, 1.54) is 6.33 Å². The van der Waals surface area contributed by atoms with Crippen molar-refractivity contribution in [3.8, 4) is 0 Å². The Morgan fingerprint density at radius 1 is 1.53 bits per heavy atom. The zero-order valence-corrected chi connectivity index (χ0v) is 10.8. The van der Waals surface area contributed by atoms with Crippen LogP contribution in [-0.2, 0) is 0 Å². The maximum atomic E-state index is 5.83. The normalized spacial score (nSPS) is 12.5. The Morgan fingerprint density at radius 2 is 2.27 bits per heavy atom. The molecule has 0 aromatic carbocycles. The van der Waals surface area contributed by atoms with E-state index in [9.17, 15) is 0 Å². The van der Waals surface area contributed by atoms with Crippen molar-refractivity contribution in [3.63, 3.8) is 0 Å². The monoisotopic (exact) mass is 245 g/mol. The zero-order valence-electron chi connectivity index (χ0n) is 9.27. The maximum absolute atomic E-state index is 5.83. The SMILES string of the molecule is CCC(CSC)N(C)c1cc(Cl)ncn1. The van der Waals surface area contributed by atoms with Crippen molar-refractivity contribution >= 4 is 29.2 Å². The topological polar surface area (TPSA) is 29.0 Å². The molecule has 15 heavy (non-hydrogen) atoms. The van der Waals surface area contributed by atoms with Crippen LogP contribution in [0.3, 0.4) is 0 Å². The van der Waals surface area contributed by atoms with Gasteiger partial charge >= 0.3 is 0 Å². The molecule has 0 radical (unpaired) electrons. The van der Waals surface area contributed by atoms with Crippen LogP contribution in [0.1, 0.15) is 13.3 Å². The largest absolute Gasteiger partial charge is 0.356 e. The van der Waals surface area contributed by atoms with Crippen LogP contribution in [0.2, 0.25) is 5.15 Å². The predicted molar refractivity (Wildman–Crippen MR) is 67.9 cm³/mol. The number of hydrogen-bond donors (Lipinski definition) is 0. The van der Waals surface area contributed by atoms with E-state index in [1.54, 1.807) is 6.07 Å². The third-order valence-corrected chi connectivity index (χ3v) is 3.28. The summed E-state index contributed by atoms with van der Waals surface area (Å²) in [5.74, 6) is 1.98. The van der Waals surface area contributed by atoms with Gasteiger partial charge in [0.2, 0.25) is 0 Å². The molecule has 0 bridgehead atoms. The molecule has 0 saturated carbocycles. The van der Waals surface area contributed by atoms with Gasteiger partial charge in [0.15, 0.2) is 0 Å². The van der Waals surface area contributed by atoms with Crippen LogP contribution in [0.5, 0.6) is 0 Å². The lowest BCUT2D eigenvalue weighted by molar-refractivity contribution is 0.665. The third kappa shape index (κ3) is 3.54. The fraction of sp³-hybridized carbons (Fsp3) is 0.600. The number of anilines is 1. The van der Waals surface area contributed by atoms with Crippen LogP contribution in [0.15, 0.2) is 12.4 Å². The van der Waals surface area contributed by atoms with E-state index >= 15 is 0 Å². The molecular weight excluding hydrogens is 230 g/mol. The first-order valence-electron chi connectivity index (χ1n) is 4.88. The lowest BCUT2D eigenvalue weighted by Gasteiger charge is -2.27. The number of aromatic nitrogens is 2. The Labute approximate surface area is 100 Å². The summed E-state index contributed by atoms with van der Waals surface area (Å²) in [4.78, 5) is 10.2. The highest BCUT2D eigenvalue weighted by atomic mass is 35.5. The second kappa shape index (κ2) is 6.18. The summed E-state index contributed by atoms with van der Waals surface area (Å²) in [6.07, 6.45) is 4.71. The average Bonchev–Trinajstić information content (AvgIpc) is 2.25. The molecule has 1 aromatic rings. The van der Waals surface area contributed by atoms with Crippen LogP contribution in [0.25, 0.3) is 0 Å². The standard InChI is InChI=1S/C10H16ClN3S/c1-4-8(6-15-3)14(2)10-5-9(11)12-7-13-10/h5,7-8H,4,6H2,1-3H3. The molecular formula is C10H16ClN3S. The van der Waals surface area contributed by atoms with Gasteiger partial charge in [-0.05, 0) is 12.7 Å². The van der Waals surface area contributed by atoms with Gasteiger partial charge in [0.1, 0.15) is 17.3 Å². The highest BCUT2D eigenvalue weighted by Gasteiger charge is 2.13. The molecule has 1 aromatic heterocycles. The Kier molecular flexibility index (Phi) is 5.19. The molecule has 1 heterocycles. The summed E-state index contributed by atoms with van der Waals surface area (Å²) in [7, 11) is 2.04. The van der Waals surface area contributed by atoms with Crippen LogP contribution in [0, 0.1) is 0 Å². The molecule has 3 nitrogen and oxygen atoms in total. The van der Waals surface area contributed by atoms with E-state index in [0.29, 0.717) is 11.2 Å². The molecule has 0 saturated heterocycles. The van der Waals surface area contributed by atoms with E-state index in [2.05, 4.69) is 28.0 Å². The smallest absolute Gasteiger partial charge is 0.134 e. The summed E-state index contributed by atoms with van der Waals surface area (Å²) in [6.45, 7) is 2.18. The van der Waals surface area contributed by atoms with E-state index in [-0.39, 0.29) is 0 Å². The summed E-state index contributed by atoms with van der Waals surface area (Å²) >= 11 is 7.67. The van der Waals surface area contributed by atoms with Crippen molar-refractivity contribution in [1.29, 1.82) is 0 Å². The van der Waals surface area contributed by atoms with Crippen LogP contribution in [0.4, 0.5) is 5.82 Å². The van der Waals surface area contributed by atoms with Crippen molar-refractivity contribution in [1.82, 2.24) is 9.97 Å². The maximum Gasteiger partial charge on any atom is 0.134 e. The van der Waals surface area contributed by atoms with Crippen LogP contribution >= 0.6 is 23.4 Å². The zero-order chi connectivity index (χ0) is 11.3. The van der Waals surface area contributed by atoms with Gasteiger partial charge in [-0.15, -0.1) is 0 Å². The van der Waals surface area contributed by atoms with E-state index in [0.717, 1.165) is 18.0 Å². The van der Waals surface area contributed by atoms with Gasteiger partial charge in [-0.2, -0.15) is 11.8 Å². The van der Waals surface area contributed by atoms with Crippen molar-refractivity contribution in [2.75, 3.05) is 24.0 Å². The van der Waals surface area contributed by atoms with Gasteiger partial charge in [-0.3, -0.25) is 0 Å². The molecule has 0 fully saturated rings. The lowest BCUT2D eigenvalue weighted by Crippen LogP contribution is -2.33. The van der Waals surface area contributed by atoms with Crippen molar-refractivity contribution in [2.45, 2.75) is 19.4 Å².